The molecule has 4 rings (SSSR count). The van der Waals surface area contributed by atoms with Crippen LogP contribution in [-0.4, -0.2) is 74.4 Å². The van der Waals surface area contributed by atoms with Crippen LogP contribution in [-0.2, 0) is 29.0 Å². The number of anilines is 2. The van der Waals surface area contributed by atoms with E-state index >= 15 is 0 Å². The van der Waals surface area contributed by atoms with Gasteiger partial charge in [-0.1, -0.05) is 24.3 Å². The molecule has 0 radical (unpaired) electrons. The van der Waals surface area contributed by atoms with Gasteiger partial charge in [0.1, 0.15) is 5.75 Å². The summed E-state index contributed by atoms with van der Waals surface area (Å²) in [5.74, 6) is -0.321. The van der Waals surface area contributed by atoms with Gasteiger partial charge in [-0.25, -0.2) is 18.4 Å². The first-order valence-electron chi connectivity index (χ1n) is 13.8. The van der Waals surface area contributed by atoms with Crippen molar-refractivity contribution in [1.82, 2.24) is 19.2 Å². The Morgan fingerprint density at radius 3 is 2.51 bits per heavy atom. The summed E-state index contributed by atoms with van der Waals surface area (Å²) in [4.78, 5) is 22.8. The fourth-order valence-corrected chi connectivity index (χ4v) is 6.14. The molecule has 1 aliphatic rings. The van der Waals surface area contributed by atoms with Crippen molar-refractivity contribution in [3.8, 4) is 5.75 Å². The third kappa shape index (κ3) is 7.70. The SMILES string of the molecule is COc1cc(C(=O)CCCN(C)C)ccc1Nc1ncc(C(F)(F)F)c(C[C@@H]2Cc3ccccc3[C@H]2N(C)S(C)(=O)=O)n1. The number of ketones is 1. The largest absolute Gasteiger partial charge is 0.495 e. The number of sulfonamides is 1. The number of nitrogens with one attached hydrogen (secondary N) is 1. The molecular formula is C30H36F3N5O4S. The molecule has 3 aromatic rings. The smallest absolute Gasteiger partial charge is 0.419 e. The van der Waals surface area contributed by atoms with E-state index in [-0.39, 0.29) is 23.8 Å². The van der Waals surface area contributed by atoms with E-state index in [0.29, 0.717) is 36.3 Å². The fraction of sp³-hybridized carbons (Fsp3) is 0.433. The van der Waals surface area contributed by atoms with E-state index in [0.717, 1.165) is 30.1 Å². The van der Waals surface area contributed by atoms with Crippen LogP contribution >= 0.6 is 0 Å². The van der Waals surface area contributed by atoms with Gasteiger partial charge in [0.05, 0.1) is 36.4 Å². The number of aromatic nitrogens is 2. The monoisotopic (exact) mass is 619 g/mol. The first kappa shape index (κ1) is 32.4. The topological polar surface area (TPSA) is 105 Å². The highest BCUT2D eigenvalue weighted by molar-refractivity contribution is 7.88. The lowest BCUT2D eigenvalue weighted by Crippen LogP contribution is -2.34. The molecule has 13 heteroatoms. The number of methoxy groups -OCH3 is 1. The Bertz CT molecular complexity index is 1580. The van der Waals surface area contributed by atoms with Gasteiger partial charge in [0.2, 0.25) is 16.0 Å². The maximum absolute atomic E-state index is 14.1. The van der Waals surface area contributed by atoms with Crippen molar-refractivity contribution in [3.05, 3.63) is 76.6 Å². The Labute approximate surface area is 250 Å². The minimum atomic E-state index is -4.72. The van der Waals surface area contributed by atoms with Crippen molar-refractivity contribution >= 4 is 27.4 Å². The summed E-state index contributed by atoms with van der Waals surface area (Å²) in [6, 6.07) is 11.4. The van der Waals surface area contributed by atoms with Crippen molar-refractivity contribution in [3.63, 3.8) is 0 Å². The Morgan fingerprint density at radius 1 is 1.14 bits per heavy atom. The number of ether oxygens (including phenoxy) is 1. The van der Waals surface area contributed by atoms with E-state index in [9.17, 15) is 26.4 Å². The molecule has 1 heterocycles. The van der Waals surface area contributed by atoms with Crippen LogP contribution in [0.4, 0.5) is 24.8 Å². The molecule has 0 saturated carbocycles. The highest BCUT2D eigenvalue weighted by Crippen LogP contribution is 2.43. The van der Waals surface area contributed by atoms with Gasteiger partial charge in [-0.3, -0.25) is 4.79 Å². The standard InChI is InChI=1S/C30H36F3N5O4S/c1-37(2)14-8-11-26(39)20-12-13-24(27(17-20)42-4)35-29-34-18-23(30(31,32)33)25(36-29)16-21-15-19-9-6-7-10-22(19)28(21)38(3)43(5,40)41/h6-7,9-10,12-13,17-18,21,28H,8,11,14-16H2,1-5H3,(H,34,35,36)/t21-,28-/m0/s1. The van der Waals surface area contributed by atoms with E-state index in [1.807, 2.05) is 37.2 Å². The molecular weight excluding hydrogens is 583 g/mol. The number of hydrogen-bond acceptors (Lipinski definition) is 8. The first-order chi connectivity index (χ1) is 20.2. The van der Waals surface area contributed by atoms with Gasteiger partial charge in [0, 0.05) is 25.2 Å². The molecule has 2 aromatic carbocycles. The van der Waals surface area contributed by atoms with Crippen LogP contribution in [0.3, 0.4) is 0 Å². The Balaban J connectivity index is 1.63. The lowest BCUT2D eigenvalue weighted by molar-refractivity contribution is -0.138. The van der Waals surface area contributed by atoms with Crippen molar-refractivity contribution in [2.75, 3.05) is 46.4 Å². The van der Waals surface area contributed by atoms with E-state index < -0.39 is 33.7 Å². The third-order valence-corrected chi connectivity index (χ3v) is 8.90. The van der Waals surface area contributed by atoms with Gasteiger partial charge in [-0.2, -0.15) is 17.5 Å². The maximum Gasteiger partial charge on any atom is 0.419 e. The van der Waals surface area contributed by atoms with E-state index in [1.165, 1.54) is 18.5 Å². The lowest BCUT2D eigenvalue weighted by Gasteiger charge is -2.29. The van der Waals surface area contributed by atoms with Crippen molar-refractivity contribution < 1.29 is 31.1 Å². The van der Waals surface area contributed by atoms with E-state index in [1.54, 1.807) is 24.3 Å². The summed E-state index contributed by atoms with van der Waals surface area (Å²) in [5.41, 5.74) is 1.25. The quantitative estimate of drug-likeness (QED) is 0.279. The van der Waals surface area contributed by atoms with Crippen molar-refractivity contribution in [1.29, 1.82) is 0 Å². The summed E-state index contributed by atoms with van der Waals surface area (Å²) >= 11 is 0. The number of benzene rings is 2. The zero-order chi connectivity index (χ0) is 31.5. The first-order valence-corrected chi connectivity index (χ1v) is 15.6. The Kier molecular flexibility index (Phi) is 9.77. The summed E-state index contributed by atoms with van der Waals surface area (Å²) in [7, 11) is 3.09. The number of nitrogens with zero attached hydrogens (tertiary/aromatic N) is 4. The second-order valence-corrected chi connectivity index (χ2v) is 13.1. The summed E-state index contributed by atoms with van der Waals surface area (Å²) in [6.07, 6.45) is -1.59. The van der Waals surface area contributed by atoms with Crippen LogP contribution in [0.5, 0.6) is 5.75 Å². The number of Topliss-reactive ketones (excluding diaryl/α,β-unsaturated/α-hetero) is 1. The van der Waals surface area contributed by atoms with Crippen molar-refractivity contribution in [2.24, 2.45) is 5.92 Å². The maximum atomic E-state index is 14.1. The van der Waals surface area contributed by atoms with Crippen LogP contribution in [0.25, 0.3) is 0 Å². The number of carbonyl (C=O) groups is 1. The van der Waals surface area contributed by atoms with Gasteiger partial charge < -0.3 is 15.0 Å². The van der Waals surface area contributed by atoms with Crippen LogP contribution in [0.15, 0.2) is 48.7 Å². The normalized spacial score (nSPS) is 16.9. The minimum absolute atomic E-state index is 0.0501. The molecule has 0 unspecified atom stereocenters. The summed E-state index contributed by atoms with van der Waals surface area (Å²) in [5, 5.41) is 2.93. The average molecular weight is 620 g/mol. The molecule has 2 atom stereocenters. The molecule has 1 aliphatic carbocycles. The number of hydrogen-bond donors (Lipinski definition) is 1. The number of alkyl halides is 3. The predicted molar refractivity (Wildman–Crippen MR) is 158 cm³/mol. The molecule has 1 N–H and O–H groups in total. The number of halogens is 3. The summed E-state index contributed by atoms with van der Waals surface area (Å²) in [6.45, 7) is 0.772. The molecule has 0 aliphatic heterocycles. The zero-order valence-corrected chi connectivity index (χ0v) is 25.6. The van der Waals surface area contributed by atoms with E-state index in [2.05, 4.69) is 15.3 Å². The second kappa shape index (κ2) is 13.0. The van der Waals surface area contributed by atoms with Gasteiger partial charge in [0.25, 0.3) is 0 Å². The molecule has 0 saturated heterocycles. The zero-order valence-electron chi connectivity index (χ0n) is 24.8. The summed E-state index contributed by atoms with van der Waals surface area (Å²) < 4.78 is 73.9. The van der Waals surface area contributed by atoms with E-state index in [4.69, 9.17) is 4.74 Å². The predicted octanol–water partition coefficient (Wildman–Crippen LogP) is 5.12. The molecule has 0 bridgehead atoms. The van der Waals surface area contributed by atoms with Gasteiger partial charge >= 0.3 is 6.18 Å². The van der Waals surface area contributed by atoms with Gasteiger partial charge in [0.15, 0.2) is 5.78 Å². The molecule has 0 spiro atoms. The minimum Gasteiger partial charge on any atom is -0.495 e. The van der Waals surface area contributed by atoms with Crippen LogP contribution in [0, 0.1) is 5.92 Å². The van der Waals surface area contributed by atoms with Gasteiger partial charge in [-0.15, -0.1) is 0 Å². The van der Waals surface area contributed by atoms with Crippen LogP contribution in [0.2, 0.25) is 0 Å². The molecule has 9 nitrogen and oxygen atoms in total. The Hall–Kier alpha value is -3.55. The number of fused-ring (bicyclic) bond motifs is 1. The highest BCUT2D eigenvalue weighted by atomic mass is 32.2. The molecule has 232 valence electrons. The third-order valence-electron chi connectivity index (χ3n) is 7.62. The highest BCUT2D eigenvalue weighted by Gasteiger charge is 2.41. The second-order valence-electron chi connectivity index (χ2n) is 11.0. The molecule has 43 heavy (non-hydrogen) atoms. The Morgan fingerprint density at radius 2 is 1.86 bits per heavy atom. The van der Waals surface area contributed by atoms with Crippen LogP contribution < -0.4 is 10.1 Å². The molecule has 0 fully saturated rings. The average Bonchev–Trinajstić information content (AvgIpc) is 3.29. The fourth-order valence-electron chi connectivity index (χ4n) is 5.45. The number of rotatable bonds is 12. The van der Waals surface area contributed by atoms with Crippen molar-refractivity contribution in [2.45, 2.75) is 37.9 Å². The lowest BCUT2D eigenvalue weighted by atomic mass is 9.93. The van der Waals surface area contributed by atoms with Crippen LogP contribution in [0.1, 0.15) is 51.6 Å². The van der Waals surface area contributed by atoms with Gasteiger partial charge in [-0.05, 0) is 75.1 Å². The molecule has 1 aromatic heterocycles. The molecule has 0 amide bonds. The number of carbonyl (C=O) groups excluding carboxylic acids is 1.